The highest BCUT2D eigenvalue weighted by Crippen LogP contribution is 2.22. The van der Waals surface area contributed by atoms with Crippen LogP contribution in [0.4, 0.5) is 0 Å². The zero-order valence-corrected chi connectivity index (χ0v) is 11.0. The van der Waals surface area contributed by atoms with Gasteiger partial charge >= 0.3 is 0 Å². The average Bonchev–Trinajstić information content (AvgIpc) is 2.34. The molecule has 0 saturated carbocycles. The molecule has 1 aromatic heterocycles. The Morgan fingerprint density at radius 3 is 2.44 bits per heavy atom. The first-order valence-corrected chi connectivity index (χ1v) is 6.03. The van der Waals surface area contributed by atoms with Crippen molar-refractivity contribution in [3.05, 3.63) is 53.2 Å². The third kappa shape index (κ3) is 2.87. The van der Waals surface area contributed by atoms with Crippen LogP contribution in [0.2, 0.25) is 0 Å². The van der Waals surface area contributed by atoms with Crippen molar-refractivity contribution in [3.8, 4) is 11.6 Å². The molecule has 0 saturated heterocycles. The molecule has 1 heterocycles. The van der Waals surface area contributed by atoms with E-state index in [0.29, 0.717) is 5.88 Å². The summed E-state index contributed by atoms with van der Waals surface area (Å²) in [6.45, 7) is 6.07. The molecule has 0 radical (unpaired) electrons. The van der Waals surface area contributed by atoms with Gasteiger partial charge < -0.3 is 10.5 Å². The van der Waals surface area contributed by atoms with E-state index in [1.165, 1.54) is 11.1 Å². The number of benzene rings is 1. The van der Waals surface area contributed by atoms with Crippen molar-refractivity contribution >= 4 is 0 Å². The zero-order valence-electron chi connectivity index (χ0n) is 11.0. The van der Waals surface area contributed by atoms with Gasteiger partial charge in [0.25, 0.3) is 0 Å². The third-order valence-corrected chi connectivity index (χ3v) is 2.99. The minimum absolute atomic E-state index is 0.00632. The fraction of sp³-hybridized carbons (Fsp3) is 0.267. The molecule has 2 N–H and O–H groups in total. The lowest BCUT2D eigenvalue weighted by molar-refractivity contribution is 0.461. The van der Waals surface area contributed by atoms with E-state index in [0.717, 1.165) is 11.3 Å². The smallest absolute Gasteiger partial charge is 0.219 e. The molecule has 0 spiro atoms. The van der Waals surface area contributed by atoms with E-state index in [4.69, 9.17) is 10.5 Å². The Labute approximate surface area is 108 Å². The fourth-order valence-electron chi connectivity index (χ4n) is 1.62. The third-order valence-electron chi connectivity index (χ3n) is 2.99. The van der Waals surface area contributed by atoms with Crippen molar-refractivity contribution < 1.29 is 4.74 Å². The van der Waals surface area contributed by atoms with E-state index in [2.05, 4.69) is 18.8 Å². The van der Waals surface area contributed by atoms with E-state index in [-0.39, 0.29) is 6.04 Å². The standard InChI is InChI=1S/C15H18N2O/c1-10-4-6-14(8-11(10)2)18-15-7-5-13(9-17-15)12(3)16/h4-9,12H,16H2,1-3H3/t12-/m1/s1. The van der Waals surface area contributed by atoms with E-state index >= 15 is 0 Å². The second kappa shape index (κ2) is 5.19. The van der Waals surface area contributed by atoms with Crippen molar-refractivity contribution in [2.75, 3.05) is 0 Å². The zero-order chi connectivity index (χ0) is 13.1. The summed E-state index contributed by atoms with van der Waals surface area (Å²) in [5.41, 5.74) is 9.23. The topological polar surface area (TPSA) is 48.1 Å². The van der Waals surface area contributed by atoms with Crippen LogP contribution in [0.3, 0.4) is 0 Å². The van der Waals surface area contributed by atoms with Crippen molar-refractivity contribution in [1.29, 1.82) is 0 Å². The van der Waals surface area contributed by atoms with Crippen LogP contribution in [0.25, 0.3) is 0 Å². The number of pyridine rings is 1. The van der Waals surface area contributed by atoms with Crippen molar-refractivity contribution in [3.63, 3.8) is 0 Å². The number of rotatable bonds is 3. The Kier molecular flexibility index (Phi) is 3.63. The molecular formula is C15H18N2O. The minimum Gasteiger partial charge on any atom is -0.439 e. The first kappa shape index (κ1) is 12.6. The summed E-state index contributed by atoms with van der Waals surface area (Å²) in [4.78, 5) is 4.25. The van der Waals surface area contributed by atoms with Gasteiger partial charge in [0.2, 0.25) is 5.88 Å². The second-order valence-corrected chi connectivity index (χ2v) is 4.57. The predicted octanol–water partition coefficient (Wildman–Crippen LogP) is 3.51. The molecule has 2 aromatic rings. The van der Waals surface area contributed by atoms with Gasteiger partial charge in [-0.1, -0.05) is 12.1 Å². The van der Waals surface area contributed by atoms with E-state index in [1.807, 2.05) is 37.3 Å². The van der Waals surface area contributed by atoms with Crippen LogP contribution in [0.5, 0.6) is 11.6 Å². The number of nitrogens with zero attached hydrogens (tertiary/aromatic N) is 1. The summed E-state index contributed by atoms with van der Waals surface area (Å²) in [6, 6.07) is 9.77. The molecule has 0 amide bonds. The molecule has 0 fully saturated rings. The highest BCUT2D eigenvalue weighted by atomic mass is 16.5. The van der Waals surface area contributed by atoms with E-state index in [1.54, 1.807) is 6.20 Å². The largest absolute Gasteiger partial charge is 0.439 e. The SMILES string of the molecule is Cc1ccc(Oc2ccc([C@@H](C)N)cn2)cc1C. The molecule has 94 valence electrons. The number of nitrogens with two attached hydrogens (primary N) is 1. The molecule has 0 aliphatic heterocycles. The summed E-state index contributed by atoms with van der Waals surface area (Å²) in [5.74, 6) is 1.39. The minimum atomic E-state index is -0.00632. The van der Waals surface area contributed by atoms with E-state index < -0.39 is 0 Å². The lowest BCUT2D eigenvalue weighted by Crippen LogP contribution is -2.05. The lowest BCUT2D eigenvalue weighted by Gasteiger charge is -2.09. The number of ether oxygens (including phenoxy) is 1. The Morgan fingerprint density at radius 1 is 1.11 bits per heavy atom. The fourth-order valence-corrected chi connectivity index (χ4v) is 1.62. The quantitative estimate of drug-likeness (QED) is 0.896. The van der Waals surface area contributed by atoms with Gasteiger partial charge in [-0.2, -0.15) is 0 Å². The number of hydrogen-bond donors (Lipinski definition) is 1. The lowest BCUT2D eigenvalue weighted by atomic mass is 10.1. The summed E-state index contributed by atoms with van der Waals surface area (Å²) in [7, 11) is 0. The molecule has 0 bridgehead atoms. The summed E-state index contributed by atoms with van der Waals surface area (Å²) < 4.78 is 5.70. The molecule has 3 nitrogen and oxygen atoms in total. The Balaban J connectivity index is 2.15. The van der Waals surface area contributed by atoms with Gasteiger partial charge in [-0.15, -0.1) is 0 Å². The maximum atomic E-state index is 5.77. The number of aromatic nitrogens is 1. The van der Waals surface area contributed by atoms with Crippen LogP contribution in [0.1, 0.15) is 29.7 Å². The second-order valence-electron chi connectivity index (χ2n) is 4.57. The van der Waals surface area contributed by atoms with Crippen molar-refractivity contribution in [2.24, 2.45) is 5.73 Å². The predicted molar refractivity (Wildman–Crippen MR) is 72.8 cm³/mol. The molecule has 1 aromatic carbocycles. The molecule has 3 heteroatoms. The highest BCUT2D eigenvalue weighted by Gasteiger charge is 2.03. The Morgan fingerprint density at radius 2 is 1.89 bits per heavy atom. The molecule has 1 atom stereocenters. The first-order chi connectivity index (χ1) is 8.56. The number of aryl methyl sites for hydroxylation is 2. The van der Waals surface area contributed by atoms with Crippen LogP contribution in [0.15, 0.2) is 36.5 Å². The van der Waals surface area contributed by atoms with Gasteiger partial charge in [0.15, 0.2) is 0 Å². The first-order valence-electron chi connectivity index (χ1n) is 6.03. The van der Waals surface area contributed by atoms with Gasteiger partial charge in [-0.05, 0) is 49.6 Å². The summed E-state index contributed by atoms with van der Waals surface area (Å²) >= 11 is 0. The monoisotopic (exact) mass is 242 g/mol. The van der Waals surface area contributed by atoms with Gasteiger partial charge in [0.1, 0.15) is 5.75 Å². The molecule has 2 rings (SSSR count). The van der Waals surface area contributed by atoms with Gasteiger partial charge in [0, 0.05) is 18.3 Å². The van der Waals surface area contributed by atoms with Crippen LogP contribution in [-0.2, 0) is 0 Å². The molecule has 0 aliphatic rings. The van der Waals surface area contributed by atoms with Crippen LogP contribution >= 0.6 is 0 Å². The molecule has 0 aliphatic carbocycles. The Hall–Kier alpha value is -1.87. The Bertz CT molecular complexity index is 533. The summed E-state index contributed by atoms with van der Waals surface area (Å²) in [6.07, 6.45) is 1.75. The number of hydrogen-bond acceptors (Lipinski definition) is 3. The maximum Gasteiger partial charge on any atom is 0.219 e. The summed E-state index contributed by atoms with van der Waals surface area (Å²) in [5, 5.41) is 0. The van der Waals surface area contributed by atoms with Crippen LogP contribution in [0, 0.1) is 13.8 Å². The van der Waals surface area contributed by atoms with Gasteiger partial charge in [-0.3, -0.25) is 0 Å². The van der Waals surface area contributed by atoms with Crippen molar-refractivity contribution in [2.45, 2.75) is 26.8 Å². The van der Waals surface area contributed by atoms with E-state index in [9.17, 15) is 0 Å². The molecule has 18 heavy (non-hydrogen) atoms. The maximum absolute atomic E-state index is 5.77. The van der Waals surface area contributed by atoms with Crippen LogP contribution < -0.4 is 10.5 Å². The molecular weight excluding hydrogens is 224 g/mol. The normalized spacial score (nSPS) is 12.2. The average molecular weight is 242 g/mol. The van der Waals surface area contributed by atoms with Gasteiger partial charge in [-0.25, -0.2) is 4.98 Å². The van der Waals surface area contributed by atoms with Crippen LogP contribution in [-0.4, -0.2) is 4.98 Å². The highest BCUT2D eigenvalue weighted by molar-refractivity contribution is 5.36. The van der Waals surface area contributed by atoms with Crippen molar-refractivity contribution in [1.82, 2.24) is 4.98 Å². The van der Waals surface area contributed by atoms with Gasteiger partial charge in [0.05, 0.1) is 0 Å². The molecule has 0 unspecified atom stereocenters.